The van der Waals surface area contributed by atoms with Crippen molar-refractivity contribution in [3.63, 3.8) is 0 Å². The van der Waals surface area contributed by atoms with E-state index in [1.165, 1.54) is 0 Å². The van der Waals surface area contributed by atoms with Crippen molar-refractivity contribution in [3.05, 3.63) is 53.6 Å². The molecule has 1 N–H and O–H groups in total. The summed E-state index contributed by atoms with van der Waals surface area (Å²) in [5, 5.41) is 10.2. The minimum Gasteiger partial charge on any atom is -0.497 e. The summed E-state index contributed by atoms with van der Waals surface area (Å²) in [6.45, 7) is 5.08. The zero-order chi connectivity index (χ0) is 20.1. The monoisotopic (exact) mass is 385 g/mol. The summed E-state index contributed by atoms with van der Waals surface area (Å²) in [4.78, 5) is 15.0. The molecule has 2 atom stereocenters. The molecule has 1 aliphatic rings. The van der Waals surface area contributed by atoms with E-state index in [9.17, 15) is 9.90 Å². The first-order valence-electron chi connectivity index (χ1n) is 9.60. The Balaban J connectivity index is 1.90. The van der Waals surface area contributed by atoms with Gasteiger partial charge in [0.2, 0.25) is 0 Å². The molecule has 0 aromatic heterocycles. The predicted molar refractivity (Wildman–Crippen MR) is 106 cm³/mol. The Morgan fingerprint density at radius 2 is 1.86 bits per heavy atom. The number of β-amino-alcohol motifs (C(OH)–C–C–N with tert-alkyl or cyclic N) is 1. The van der Waals surface area contributed by atoms with Crippen molar-refractivity contribution in [3.8, 4) is 17.2 Å². The lowest BCUT2D eigenvalue weighted by Gasteiger charge is -2.25. The molecule has 6 heteroatoms. The van der Waals surface area contributed by atoms with Gasteiger partial charge in [-0.1, -0.05) is 12.1 Å². The number of amides is 1. The quantitative estimate of drug-likeness (QED) is 0.791. The highest BCUT2D eigenvalue weighted by molar-refractivity contribution is 5.95. The summed E-state index contributed by atoms with van der Waals surface area (Å²) in [5.74, 6) is 1.75. The van der Waals surface area contributed by atoms with Gasteiger partial charge in [-0.25, -0.2) is 0 Å². The van der Waals surface area contributed by atoms with Crippen LogP contribution >= 0.6 is 0 Å². The highest BCUT2D eigenvalue weighted by Gasteiger charge is 2.36. The lowest BCUT2D eigenvalue weighted by atomic mass is 10.0. The van der Waals surface area contributed by atoms with Gasteiger partial charge in [0.25, 0.3) is 5.91 Å². The number of hydrogen-bond acceptors (Lipinski definition) is 5. The van der Waals surface area contributed by atoms with E-state index in [2.05, 4.69) is 0 Å². The minimum absolute atomic E-state index is 0.145. The van der Waals surface area contributed by atoms with Crippen molar-refractivity contribution in [1.29, 1.82) is 0 Å². The molecule has 0 spiro atoms. The molecule has 2 aromatic rings. The number of nitrogens with zero attached hydrogens (tertiary/aromatic N) is 1. The predicted octanol–water partition coefficient (Wildman–Crippen LogP) is 3.44. The molecule has 1 heterocycles. The summed E-state index contributed by atoms with van der Waals surface area (Å²) in [6.07, 6.45) is -0.0666. The lowest BCUT2D eigenvalue weighted by molar-refractivity contribution is 0.0715. The first-order valence-corrected chi connectivity index (χ1v) is 9.60. The topological polar surface area (TPSA) is 68.2 Å². The molecule has 0 saturated carbocycles. The molecule has 150 valence electrons. The number of rotatable bonds is 7. The third-order valence-electron chi connectivity index (χ3n) is 4.81. The highest BCUT2D eigenvalue weighted by atomic mass is 16.5. The van der Waals surface area contributed by atoms with E-state index in [1.54, 1.807) is 30.2 Å². The summed E-state index contributed by atoms with van der Waals surface area (Å²) >= 11 is 0. The van der Waals surface area contributed by atoms with Gasteiger partial charge in [-0.05, 0) is 56.2 Å². The van der Waals surface area contributed by atoms with Gasteiger partial charge in [0, 0.05) is 12.1 Å². The zero-order valence-electron chi connectivity index (χ0n) is 16.6. The third-order valence-corrected chi connectivity index (χ3v) is 4.81. The van der Waals surface area contributed by atoms with Crippen LogP contribution in [0.1, 0.15) is 42.2 Å². The van der Waals surface area contributed by atoms with Crippen LogP contribution in [-0.4, -0.2) is 48.9 Å². The maximum atomic E-state index is 13.2. The van der Waals surface area contributed by atoms with Crippen molar-refractivity contribution >= 4 is 5.91 Å². The Kier molecular flexibility index (Phi) is 6.41. The van der Waals surface area contributed by atoms with E-state index < -0.39 is 6.10 Å². The van der Waals surface area contributed by atoms with Crippen LogP contribution in [0.15, 0.2) is 42.5 Å². The van der Waals surface area contributed by atoms with Crippen molar-refractivity contribution in [1.82, 2.24) is 4.90 Å². The first-order chi connectivity index (χ1) is 13.6. The molecule has 1 aliphatic heterocycles. The molecule has 0 aliphatic carbocycles. The number of carbonyl (C=O) groups is 1. The SMILES string of the molecule is CCOc1ccc(C(=O)N2C[C@@H](O)C[C@@H]2c2cccc(OC)c2)cc1OCC. The maximum Gasteiger partial charge on any atom is 0.254 e. The van der Waals surface area contributed by atoms with E-state index in [4.69, 9.17) is 14.2 Å². The Hall–Kier alpha value is -2.73. The van der Waals surface area contributed by atoms with Gasteiger partial charge in [-0.15, -0.1) is 0 Å². The molecule has 3 rings (SSSR count). The van der Waals surface area contributed by atoms with Gasteiger partial charge in [-0.3, -0.25) is 4.79 Å². The highest BCUT2D eigenvalue weighted by Crippen LogP contribution is 2.36. The maximum absolute atomic E-state index is 13.2. The molecule has 0 bridgehead atoms. The molecule has 1 fully saturated rings. The minimum atomic E-state index is -0.561. The number of aliphatic hydroxyl groups excluding tert-OH is 1. The number of methoxy groups -OCH3 is 1. The molecule has 0 radical (unpaired) electrons. The second-order valence-corrected chi connectivity index (χ2v) is 6.67. The van der Waals surface area contributed by atoms with Gasteiger partial charge in [-0.2, -0.15) is 0 Å². The number of aliphatic hydroxyl groups is 1. The second kappa shape index (κ2) is 8.97. The first kappa shape index (κ1) is 20.0. The van der Waals surface area contributed by atoms with Gasteiger partial charge >= 0.3 is 0 Å². The fourth-order valence-electron chi connectivity index (χ4n) is 3.55. The smallest absolute Gasteiger partial charge is 0.254 e. The number of benzene rings is 2. The molecule has 2 aromatic carbocycles. The van der Waals surface area contributed by atoms with Crippen LogP contribution in [0.3, 0.4) is 0 Å². The number of likely N-dealkylation sites (tertiary alicyclic amines) is 1. The van der Waals surface area contributed by atoms with Gasteiger partial charge in [0.05, 0.1) is 32.5 Å². The number of carbonyl (C=O) groups excluding carboxylic acids is 1. The molecule has 28 heavy (non-hydrogen) atoms. The summed E-state index contributed by atoms with van der Waals surface area (Å²) in [5.41, 5.74) is 1.45. The van der Waals surface area contributed by atoms with Crippen molar-refractivity contribution in [2.75, 3.05) is 26.9 Å². The molecule has 1 saturated heterocycles. The van der Waals surface area contributed by atoms with Crippen LogP contribution in [0.2, 0.25) is 0 Å². The van der Waals surface area contributed by atoms with Gasteiger partial charge in [0.1, 0.15) is 5.75 Å². The average molecular weight is 385 g/mol. The third kappa shape index (κ3) is 4.22. The Morgan fingerprint density at radius 1 is 1.11 bits per heavy atom. The van der Waals surface area contributed by atoms with Crippen LogP contribution in [0, 0.1) is 0 Å². The fourth-order valence-corrected chi connectivity index (χ4v) is 3.55. The van der Waals surface area contributed by atoms with Crippen molar-refractivity contribution in [2.45, 2.75) is 32.4 Å². The van der Waals surface area contributed by atoms with Gasteiger partial charge in [0.15, 0.2) is 11.5 Å². The van der Waals surface area contributed by atoms with E-state index in [0.717, 1.165) is 11.3 Å². The Labute approximate surface area is 165 Å². The van der Waals surface area contributed by atoms with Crippen LogP contribution in [0.25, 0.3) is 0 Å². The van der Waals surface area contributed by atoms with Crippen LogP contribution in [0.4, 0.5) is 0 Å². The van der Waals surface area contributed by atoms with Crippen LogP contribution in [0.5, 0.6) is 17.2 Å². The summed E-state index contributed by atoms with van der Waals surface area (Å²) in [7, 11) is 1.61. The van der Waals surface area contributed by atoms with E-state index >= 15 is 0 Å². The fraction of sp³-hybridized carbons (Fsp3) is 0.409. The van der Waals surface area contributed by atoms with Crippen LogP contribution in [-0.2, 0) is 0 Å². The Morgan fingerprint density at radius 3 is 2.57 bits per heavy atom. The molecule has 1 amide bonds. The zero-order valence-corrected chi connectivity index (χ0v) is 16.6. The normalized spacial score (nSPS) is 18.8. The molecule has 0 unspecified atom stereocenters. The van der Waals surface area contributed by atoms with Gasteiger partial charge < -0.3 is 24.2 Å². The number of hydrogen-bond donors (Lipinski definition) is 1. The summed E-state index contributed by atoms with van der Waals surface area (Å²) < 4.78 is 16.5. The molecular formula is C22H27NO5. The van der Waals surface area contributed by atoms with E-state index in [0.29, 0.717) is 36.7 Å². The van der Waals surface area contributed by atoms with E-state index in [1.807, 2.05) is 38.1 Å². The van der Waals surface area contributed by atoms with Crippen molar-refractivity contribution < 1.29 is 24.1 Å². The molecule has 6 nitrogen and oxygen atoms in total. The molecular weight excluding hydrogens is 358 g/mol. The lowest BCUT2D eigenvalue weighted by Crippen LogP contribution is -2.31. The number of ether oxygens (including phenoxy) is 3. The largest absolute Gasteiger partial charge is 0.497 e. The Bertz CT molecular complexity index is 822. The van der Waals surface area contributed by atoms with Crippen molar-refractivity contribution in [2.24, 2.45) is 0 Å². The average Bonchev–Trinajstić information content (AvgIpc) is 3.11. The summed E-state index contributed by atoms with van der Waals surface area (Å²) in [6, 6.07) is 12.6. The van der Waals surface area contributed by atoms with Crippen LogP contribution < -0.4 is 14.2 Å². The second-order valence-electron chi connectivity index (χ2n) is 6.67. The standard InChI is InChI=1S/C22H27NO5/c1-4-27-20-10-9-16(12-21(20)28-5-2)22(25)23-14-17(24)13-19(23)15-7-6-8-18(11-15)26-3/h6-12,17,19,24H,4-5,13-14H2,1-3H3/t17-,19+/m0/s1. The van der Waals surface area contributed by atoms with E-state index in [-0.39, 0.29) is 18.5 Å².